The van der Waals surface area contributed by atoms with Crippen LogP contribution in [0.4, 0.5) is 4.11 Å². The van der Waals surface area contributed by atoms with Gasteiger partial charge < -0.3 is 8.84 Å². The lowest BCUT2D eigenvalue weighted by Crippen LogP contribution is -2.58. The summed E-state index contributed by atoms with van der Waals surface area (Å²) in [6.45, 7) is 11.9. The van der Waals surface area contributed by atoms with Gasteiger partial charge in [0, 0.05) is 12.3 Å². The summed E-state index contributed by atoms with van der Waals surface area (Å²) in [6.07, 6.45) is 1.64. The summed E-state index contributed by atoms with van der Waals surface area (Å²) in [5.74, 6) is 0.526. The molecular weight excluding hydrogens is 245 g/mol. The Labute approximate surface area is 111 Å². The Morgan fingerprint density at radius 1 is 1.06 bits per heavy atom. The minimum Gasteiger partial charge on any atom is -0.481 e. The maximum Gasteiger partial charge on any atom is 0.289 e. The molecule has 0 amide bonds. The van der Waals surface area contributed by atoms with Gasteiger partial charge in [-0.05, 0) is 15.3 Å². The fraction of sp³-hybridized carbons (Fsp3) is 0.643. The Bertz CT molecular complexity index is 389. The summed E-state index contributed by atoms with van der Waals surface area (Å²) in [5, 5.41) is -0.00782. The molecule has 0 aromatic carbocycles. The highest BCUT2D eigenvalue weighted by atomic mass is 28.4. The molecule has 0 aliphatic heterocycles. The number of halogens is 1. The minimum atomic E-state index is -3.18. The van der Waals surface area contributed by atoms with Crippen molar-refractivity contribution in [3.8, 4) is 5.88 Å². The van der Waals surface area contributed by atoms with E-state index in [4.69, 9.17) is 4.74 Å². The Morgan fingerprint density at radius 2 is 1.56 bits per heavy atom. The van der Waals surface area contributed by atoms with E-state index in [0.29, 0.717) is 5.88 Å². The molecule has 1 heterocycles. The molecule has 0 saturated carbocycles. The van der Waals surface area contributed by atoms with Crippen LogP contribution in [0.2, 0.25) is 10.1 Å². The second kappa shape index (κ2) is 4.65. The van der Waals surface area contributed by atoms with Gasteiger partial charge in [0.15, 0.2) is 0 Å². The molecule has 0 aliphatic rings. The van der Waals surface area contributed by atoms with Crippen molar-refractivity contribution in [2.24, 2.45) is 0 Å². The zero-order valence-electron chi connectivity index (χ0n) is 12.5. The fourth-order valence-corrected chi connectivity index (χ4v) is 7.23. The maximum absolute atomic E-state index is 15.8. The Kier molecular flexibility index (Phi) is 3.91. The molecular formula is C14H24FNOSi. The Morgan fingerprint density at radius 3 is 1.83 bits per heavy atom. The van der Waals surface area contributed by atoms with E-state index in [2.05, 4.69) is 4.98 Å². The summed E-state index contributed by atoms with van der Waals surface area (Å²) in [6, 6.07) is 3.57. The SMILES string of the molecule is COc1ccc([Si](F)(C(C)(C)C)C(C)(C)C)cn1. The van der Waals surface area contributed by atoms with Gasteiger partial charge in [-0.25, -0.2) is 4.98 Å². The number of methoxy groups -OCH3 is 1. The number of ether oxygens (including phenoxy) is 1. The number of aromatic nitrogens is 1. The molecule has 0 atom stereocenters. The second-order valence-corrected chi connectivity index (χ2v) is 11.6. The van der Waals surface area contributed by atoms with Crippen molar-refractivity contribution in [1.29, 1.82) is 0 Å². The quantitative estimate of drug-likeness (QED) is 0.601. The molecule has 18 heavy (non-hydrogen) atoms. The third kappa shape index (κ3) is 2.44. The first-order valence-corrected chi connectivity index (χ1v) is 8.11. The number of hydrogen-bond acceptors (Lipinski definition) is 2. The first-order chi connectivity index (χ1) is 8.04. The average molecular weight is 269 g/mol. The number of rotatable bonds is 2. The Balaban J connectivity index is 3.36. The molecule has 0 spiro atoms. The Hall–Kier alpha value is -0.903. The van der Waals surface area contributed by atoms with E-state index in [1.54, 1.807) is 19.4 Å². The molecule has 0 radical (unpaired) electrons. The summed E-state index contributed by atoms with van der Waals surface area (Å²) < 4.78 is 20.9. The fourth-order valence-electron chi connectivity index (χ4n) is 2.70. The average Bonchev–Trinajstić information content (AvgIpc) is 2.25. The highest BCUT2D eigenvalue weighted by Gasteiger charge is 2.56. The van der Waals surface area contributed by atoms with E-state index in [9.17, 15) is 0 Å². The van der Waals surface area contributed by atoms with E-state index in [1.807, 2.05) is 47.6 Å². The van der Waals surface area contributed by atoms with Crippen LogP contribution in [0.5, 0.6) is 5.88 Å². The van der Waals surface area contributed by atoms with Crippen molar-refractivity contribution in [3.05, 3.63) is 18.3 Å². The summed E-state index contributed by atoms with van der Waals surface area (Å²) in [4.78, 5) is 4.16. The van der Waals surface area contributed by atoms with Crippen LogP contribution in [0.15, 0.2) is 18.3 Å². The number of pyridine rings is 1. The molecule has 1 aromatic heterocycles. The first-order valence-electron chi connectivity index (χ1n) is 6.23. The summed E-state index contributed by atoms with van der Waals surface area (Å²) >= 11 is 0. The third-order valence-corrected chi connectivity index (χ3v) is 8.64. The minimum absolute atomic E-state index is 0.373. The first kappa shape index (κ1) is 15.2. The molecule has 1 aromatic rings. The van der Waals surface area contributed by atoms with Gasteiger partial charge in [0.1, 0.15) is 0 Å². The smallest absolute Gasteiger partial charge is 0.289 e. The monoisotopic (exact) mass is 269 g/mol. The van der Waals surface area contributed by atoms with Gasteiger partial charge >= 0.3 is 0 Å². The highest BCUT2D eigenvalue weighted by Crippen LogP contribution is 2.51. The zero-order valence-corrected chi connectivity index (χ0v) is 13.5. The van der Waals surface area contributed by atoms with Crippen LogP contribution in [-0.2, 0) is 0 Å². The molecule has 0 N–H and O–H groups in total. The van der Waals surface area contributed by atoms with Crippen LogP contribution in [0, 0.1) is 0 Å². The molecule has 0 aliphatic carbocycles. The molecule has 2 nitrogen and oxygen atoms in total. The topological polar surface area (TPSA) is 22.1 Å². The second-order valence-electron chi connectivity index (χ2n) is 6.75. The van der Waals surface area contributed by atoms with Gasteiger partial charge in [-0.15, -0.1) is 0 Å². The van der Waals surface area contributed by atoms with Gasteiger partial charge in [-0.2, -0.15) is 0 Å². The predicted molar refractivity (Wildman–Crippen MR) is 76.7 cm³/mol. The molecule has 0 unspecified atom stereocenters. The van der Waals surface area contributed by atoms with Crippen molar-refractivity contribution in [2.45, 2.75) is 51.6 Å². The molecule has 102 valence electrons. The lowest BCUT2D eigenvalue weighted by Gasteiger charge is -2.44. The van der Waals surface area contributed by atoms with Crippen LogP contribution < -0.4 is 9.92 Å². The normalized spacial score (nSPS) is 13.6. The molecule has 0 fully saturated rings. The lowest BCUT2D eigenvalue weighted by molar-refractivity contribution is 0.398. The van der Waals surface area contributed by atoms with E-state index >= 15 is 4.11 Å². The van der Waals surface area contributed by atoms with E-state index in [-0.39, 0.29) is 10.1 Å². The summed E-state index contributed by atoms with van der Waals surface area (Å²) in [5.41, 5.74) is 0. The van der Waals surface area contributed by atoms with E-state index < -0.39 is 8.41 Å². The molecule has 0 saturated heterocycles. The predicted octanol–water partition coefficient (Wildman–Crippen LogP) is 3.81. The highest BCUT2D eigenvalue weighted by molar-refractivity contribution is 6.90. The standard InChI is InChI=1S/C14H24FNOSi/c1-13(2,3)18(15,14(4,5)6)11-8-9-12(17-7)16-10-11/h8-10H,1-7H3. The van der Waals surface area contributed by atoms with Crippen molar-refractivity contribution < 1.29 is 8.84 Å². The van der Waals surface area contributed by atoms with Crippen LogP contribution in [-0.4, -0.2) is 20.5 Å². The molecule has 0 bridgehead atoms. The third-order valence-electron chi connectivity index (χ3n) is 3.41. The number of hydrogen-bond donors (Lipinski definition) is 0. The van der Waals surface area contributed by atoms with E-state index in [1.165, 1.54) is 0 Å². The van der Waals surface area contributed by atoms with E-state index in [0.717, 1.165) is 5.19 Å². The zero-order chi connectivity index (χ0) is 14.2. The largest absolute Gasteiger partial charge is 0.481 e. The van der Waals surface area contributed by atoms with Crippen molar-refractivity contribution in [3.63, 3.8) is 0 Å². The van der Waals surface area contributed by atoms with Crippen molar-refractivity contribution >= 4 is 13.6 Å². The van der Waals surface area contributed by atoms with Gasteiger partial charge in [-0.1, -0.05) is 47.6 Å². The van der Waals surface area contributed by atoms with Gasteiger partial charge in [0.05, 0.1) is 7.11 Å². The molecule has 1 rings (SSSR count). The summed E-state index contributed by atoms with van der Waals surface area (Å²) in [7, 11) is -1.62. The van der Waals surface area contributed by atoms with Gasteiger partial charge in [0.25, 0.3) is 8.41 Å². The van der Waals surface area contributed by atoms with Crippen molar-refractivity contribution in [1.82, 2.24) is 4.98 Å². The van der Waals surface area contributed by atoms with Crippen LogP contribution in [0.25, 0.3) is 0 Å². The van der Waals surface area contributed by atoms with Crippen LogP contribution in [0.3, 0.4) is 0 Å². The van der Waals surface area contributed by atoms with Crippen LogP contribution in [0.1, 0.15) is 41.5 Å². The van der Waals surface area contributed by atoms with Crippen molar-refractivity contribution in [2.75, 3.05) is 7.11 Å². The number of nitrogens with zero attached hydrogens (tertiary/aromatic N) is 1. The molecule has 4 heteroatoms. The maximum atomic E-state index is 15.8. The lowest BCUT2D eigenvalue weighted by atomic mass is 10.2. The van der Waals surface area contributed by atoms with Gasteiger partial charge in [0.2, 0.25) is 5.88 Å². The van der Waals surface area contributed by atoms with Crippen LogP contribution >= 0.6 is 0 Å². The van der Waals surface area contributed by atoms with Gasteiger partial charge in [-0.3, -0.25) is 0 Å².